The van der Waals surface area contributed by atoms with Gasteiger partial charge in [0.25, 0.3) is 0 Å². The van der Waals surface area contributed by atoms with Crippen molar-refractivity contribution in [3.05, 3.63) is 0 Å². The highest BCUT2D eigenvalue weighted by atomic mass is 16.5. The van der Waals surface area contributed by atoms with Crippen molar-refractivity contribution in [2.45, 2.75) is 58.3 Å². The van der Waals surface area contributed by atoms with Crippen LogP contribution < -0.4 is 0 Å². The zero-order valence-corrected chi connectivity index (χ0v) is 10.7. The molecule has 1 aliphatic rings. The molecule has 0 N–H and O–H groups in total. The van der Waals surface area contributed by atoms with Crippen LogP contribution in [0, 0.1) is 11.8 Å². The predicted molar refractivity (Wildman–Crippen MR) is 66.2 cm³/mol. The Morgan fingerprint density at radius 2 is 2.06 bits per heavy atom. The zero-order valence-electron chi connectivity index (χ0n) is 10.7. The van der Waals surface area contributed by atoms with E-state index in [4.69, 9.17) is 4.74 Å². The predicted octanol–water partition coefficient (Wildman–Crippen LogP) is 3.03. The van der Waals surface area contributed by atoms with Crippen LogP contribution in [0.3, 0.4) is 0 Å². The summed E-state index contributed by atoms with van der Waals surface area (Å²) in [6, 6.07) is 0. The van der Waals surface area contributed by atoms with E-state index in [1.807, 2.05) is 0 Å². The van der Waals surface area contributed by atoms with Gasteiger partial charge in [-0.05, 0) is 31.6 Å². The van der Waals surface area contributed by atoms with Crippen molar-refractivity contribution in [3.8, 4) is 0 Å². The van der Waals surface area contributed by atoms with Crippen molar-refractivity contribution in [3.63, 3.8) is 0 Å². The van der Waals surface area contributed by atoms with Crippen LogP contribution in [0.1, 0.15) is 58.3 Å². The molecule has 0 spiro atoms. The van der Waals surface area contributed by atoms with Gasteiger partial charge in [-0.3, -0.25) is 9.59 Å². The fourth-order valence-electron chi connectivity index (χ4n) is 2.52. The van der Waals surface area contributed by atoms with Gasteiger partial charge in [-0.1, -0.05) is 26.2 Å². The van der Waals surface area contributed by atoms with E-state index in [-0.39, 0.29) is 11.9 Å². The molecule has 1 radical (unpaired) electrons. The van der Waals surface area contributed by atoms with E-state index in [9.17, 15) is 9.59 Å². The number of hydrogen-bond acceptors (Lipinski definition) is 3. The molecule has 0 saturated heterocycles. The van der Waals surface area contributed by atoms with Gasteiger partial charge in [0.15, 0.2) is 0 Å². The lowest BCUT2D eigenvalue weighted by molar-refractivity contribution is -0.143. The highest BCUT2D eigenvalue weighted by Crippen LogP contribution is 2.31. The van der Waals surface area contributed by atoms with Gasteiger partial charge in [-0.2, -0.15) is 0 Å². The van der Waals surface area contributed by atoms with Crippen molar-refractivity contribution in [1.29, 1.82) is 0 Å². The van der Waals surface area contributed by atoms with E-state index in [0.717, 1.165) is 25.7 Å². The van der Waals surface area contributed by atoms with E-state index in [1.54, 1.807) is 6.92 Å². The van der Waals surface area contributed by atoms with Gasteiger partial charge in [0, 0.05) is 12.3 Å². The lowest BCUT2D eigenvalue weighted by Gasteiger charge is -2.26. The Hall–Kier alpha value is -0.860. The van der Waals surface area contributed by atoms with Gasteiger partial charge in [-0.15, -0.1) is 0 Å². The standard InChI is InChI=1S/C14H23O3/c1-2-14(16)17-10-6-9-13(11-15)12-7-4-3-5-8-12/h12-13H,2-10H2,1H3. The highest BCUT2D eigenvalue weighted by molar-refractivity contribution is 5.68. The maximum Gasteiger partial charge on any atom is 0.305 e. The molecule has 1 aliphatic carbocycles. The average molecular weight is 239 g/mol. The molecule has 1 unspecified atom stereocenters. The van der Waals surface area contributed by atoms with Crippen LogP contribution in [0.15, 0.2) is 0 Å². The monoisotopic (exact) mass is 239 g/mol. The number of carbonyl (C=O) groups excluding carboxylic acids is 2. The highest BCUT2D eigenvalue weighted by Gasteiger charge is 2.23. The molecular formula is C14H23O3. The fraction of sp³-hybridized carbons (Fsp3) is 0.857. The van der Waals surface area contributed by atoms with Gasteiger partial charge < -0.3 is 4.74 Å². The second kappa shape index (κ2) is 8.26. The first-order valence-electron chi connectivity index (χ1n) is 6.81. The third-order valence-corrected chi connectivity index (χ3v) is 3.58. The van der Waals surface area contributed by atoms with Gasteiger partial charge in [0.1, 0.15) is 0 Å². The summed E-state index contributed by atoms with van der Waals surface area (Å²) in [7, 11) is 0. The first-order valence-corrected chi connectivity index (χ1v) is 6.81. The Bertz CT molecular complexity index is 232. The summed E-state index contributed by atoms with van der Waals surface area (Å²) in [6.45, 7) is 2.23. The molecule has 3 nitrogen and oxygen atoms in total. The first kappa shape index (κ1) is 14.2. The molecule has 17 heavy (non-hydrogen) atoms. The quantitative estimate of drug-likeness (QED) is 0.506. The van der Waals surface area contributed by atoms with Gasteiger partial charge in [0.05, 0.1) is 6.61 Å². The minimum Gasteiger partial charge on any atom is -0.466 e. The molecule has 1 rings (SSSR count). The minimum atomic E-state index is -0.158. The van der Waals surface area contributed by atoms with Crippen LogP contribution in [-0.4, -0.2) is 18.9 Å². The molecule has 3 heteroatoms. The summed E-state index contributed by atoms with van der Waals surface area (Å²) in [6.07, 6.45) is 10.3. The van der Waals surface area contributed by atoms with Crippen LogP contribution >= 0.6 is 0 Å². The SMILES string of the molecule is CCC(=O)OCCCC([C]=O)C1CCCCC1. The largest absolute Gasteiger partial charge is 0.466 e. The van der Waals surface area contributed by atoms with Crippen molar-refractivity contribution < 1.29 is 14.3 Å². The fourth-order valence-corrected chi connectivity index (χ4v) is 2.52. The van der Waals surface area contributed by atoms with Gasteiger partial charge in [-0.25, -0.2) is 0 Å². The maximum absolute atomic E-state index is 11.0. The molecule has 1 atom stereocenters. The van der Waals surface area contributed by atoms with Crippen molar-refractivity contribution >= 4 is 12.3 Å². The molecule has 0 amide bonds. The van der Waals surface area contributed by atoms with Crippen LogP contribution in [-0.2, 0) is 14.3 Å². The summed E-state index contributed by atoms with van der Waals surface area (Å²) >= 11 is 0. The Morgan fingerprint density at radius 1 is 1.35 bits per heavy atom. The van der Waals surface area contributed by atoms with Crippen LogP contribution in [0.5, 0.6) is 0 Å². The number of esters is 1. The second-order valence-electron chi connectivity index (χ2n) is 4.84. The normalized spacial score (nSPS) is 18.6. The summed E-state index contributed by atoms with van der Waals surface area (Å²) in [5.74, 6) is 0.410. The Kier molecular flexibility index (Phi) is 6.90. The van der Waals surface area contributed by atoms with E-state index in [2.05, 4.69) is 6.29 Å². The topological polar surface area (TPSA) is 43.4 Å². The third kappa shape index (κ3) is 5.33. The smallest absolute Gasteiger partial charge is 0.305 e. The molecular weight excluding hydrogens is 216 g/mol. The minimum absolute atomic E-state index is 0.0515. The van der Waals surface area contributed by atoms with E-state index in [0.29, 0.717) is 18.9 Å². The van der Waals surface area contributed by atoms with Crippen molar-refractivity contribution in [2.24, 2.45) is 11.8 Å². The van der Waals surface area contributed by atoms with Crippen LogP contribution in [0.2, 0.25) is 0 Å². The molecule has 0 bridgehead atoms. The summed E-state index contributed by atoms with van der Waals surface area (Å²) in [5, 5.41) is 0. The number of carbonyl (C=O) groups is 1. The number of rotatable bonds is 7. The van der Waals surface area contributed by atoms with Crippen molar-refractivity contribution in [2.75, 3.05) is 6.61 Å². The van der Waals surface area contributed by atoms with Crippen LogP contribution in [0.25, 0.3) is 0 Å². The summed E-state index contributed by atoms with van der Waals surface area (Å²) in [4.78, 5) is 21.9. The molecule has 0 aromatic rings. The lowest BCUT2D eigenvalue weighted by Crippen LogP contribution is -2.19. The molecule has 1 fully saturated rings. The Morgan fingerprint density at radius 3 is 2.65 bits per heavy atom. The number of hydrogen-bond donors (Lipinski definition) is 0. The molecule has 0 aromatic carbocycles. The van der Waals surface area contributed by atoms with E-state index >= 15 is 0 Å². The molecule has 0 heterocycles. The lowest BCUT2D eigenvalue weighted by atomic mass is 9.79. The number of ether oxygens (including phenoxy) is 1. The molecule has 1 saturated carbocycles. The molecule has 0 aliphatic heterocycles. The zero-order chi connectivity index (χ0) is 12.5. The Labute approximate surface area is 104 Å². The van der Waals surface area contributed by atoms with Gasteiger partial charge in [0.2, 0.25) is 6.29 Å². The van der Waals surface area contributed by atoms with E-state index < -0.39 is 0 Å². The Balaban J connectivity index is 2.17. The molecule has 0 aromatic heterocycles. The maximum atomic E-state index is 11.0. The van der Waals surface area contributed by atoms with Gasteiger partial charge >= 0.3 is 5.97 Å². The van der Waals surface area contributed by atoms with Crippen molar-refractivity contribution in [1.82, 2.24) is 0 Å². The third-order valence-electron chi connectivity index (χ3n) is 3.58. The average Bonchev–Trinajstić information content (AvgIpc) is 2.39. The van der Waals surface area contributed by atoms with Crippen LogP contribution in [0.4, 0.5) is 0 Å². The van der Waals surface area contributed by atoms with E-state index in [1.165, 1.54) is 19.3 Å². The summed E-state index contributed by atoms with van der Waals surface area (Å²) in [5.41, 5.74) is 0. The molecule has 97 valence electrons. The summed E-state index contributed by atoms with van der Waals surface area (Å²) < 4.78 is 5.00. The second-order valence-corrected chi connectivity index (χ2v) is 4.84. The first-order chi connectivity index (χ1) is 8.27.